The van der Waals surface area contributed by atoms with Crippen molar-refractivity contribution in [1.29, 1.82) is 0 Å². The minimum Gasteiger partial charge on any atom is -0.460 e. The van der Waals surface area contributed by atoms with Crippen molar-refractivity contribution in [1.82, 2.24) is 0 Å². The van der Waals surface area contributed by atoms with E-state index in [2.05, 4.69) is 13.0 Å². The first-order valence-corrected chi connectivity index (χ1v) is 8.69. The highest BCUT2D eigenvalue weighted by atomic mass is 16.7. The lowest BCUT2D eigenvalue weighted by Crippen LogP contribution is -2.55. The van der Waals surface area contributed by atoms with Crippen LogP contribution in [0.25, 0.3) is 0 Å². The molecular weight excluding hydrogens is 308 g/mol. The molecule has 3 rings (SSSR count). The standard InChI is InChI=1S/C19H26O5/c1-5-22-16(21)15(20)13-8-10-18(4)14(17(13,2)3)7-6-9-19(18)23-11-12-24-19/h7-8H,5-6,9-12H2,1-4H3/t18-/m0/s1. The van der Waals surface area contributed by atoms with Gasteiger partial charge in [-0.3, -0.25) is 4.79 Å². The van der Waals surface area contributed by atoms with Crippen LogP contribution in [0.15, 0.2) is 23.3 Å². The van der Waals surface area contributed by atoms with Gasteiger partial charge in [-0.15, -0.1) is 0 Å². The molecule has 1 atom stereocenters. The van der Waals surface area contributed by atoms with E-state index >= 15 is 0 Å². The van der Waals surface area contributed by atoms with Crippen LogP contribution in [0.3, 0.4) is 0 Å². The average Bonchev–Trinajstić information content (AvgIpc) is 2.99. The van der Waals surface area contributed by atoms with E-state index in [-0.39, 0.29) is 12.0 Å². The highest BCUT2D eigenvalue weighted by molar-refractivity contribution is 6.41. The van der Waals surface area contributed by atoms with Crippen LogP contribution in [0, 0.1) is 10.8 Å². The van der Waals surface area contributed by atoms with Crippen LogP contribution in [-0.2, 0) is 23.8 Å². The van der Waals surface area contributed by atoms with E-state index in [1.807, 2.05) is 19.9 Å². The molecule has 1 aliphatic heterocycles. The van der Waals surface area contributed by atoms with Crippen LogP contribution in [0.4, 0.5) is 0 Å². The molecule has 0 saturated carbocycles. The summed E-state index contributed by atoms with van der Waals surface area (Å²) in [4.78, 5) is 24.5. The normalized spacial score (nSPS) is 30.3. The Hall–Kier alpha value is -1.46. The summed E-state index contributed by atoms with van der Waals surface area (Å²) >= 11 is 0. The van der Waals surface area contributed by atoms with E-state index in [0.717, 1.165) is 18.4 Å². The van der Waals surface area contributed by atoms with Gasteiger partial charge in [0.25, 0.3) is 5.78 Å². The third kappa shape index (κ3) is 2.29. The van der Waals surface area contributed by atoms with Crippen molar-refractivity contribution in [3.05, 3.63) is 23.3 Å². The van der Waals surface area contributed by atoms with E-state index in [1.54, 1.807) is 6.92 Å². The molecule has 0 aromatic heterocycles. The molecule has 24 heavy (non-hydrogen) atoms. The Kier molecular flexibility index (Phi) is 4.21. The summed E-state index contributed by atoms with van der Waals surface area (Å²) < 4.78 is 17.0. The van der Waals surface area contributed by atoms with Gasteiger partial charge in [0.05, 0.1) is 19.8 Å². The third-order valence-corrected chi connectivity index (χ3v) is 5.78. The highest BCUT2D eigenvalue weighted by Gasteiger charge is 2.60. The van der Waals surface area contributed by atoms with Gasteiger partial charge in [0.1, 0.15) is 0 Å². The molecule has 1 heterocycles. The second kappa shape index (κ2) is 5.81. The number of fused-ring (bicyclic) bond motifs is 2. The molecule has 3 aliphatic rings. The number of ketones is 1. The van der Waals surface area contributed by atoms with Crippen molar-refractivity contribution in [3.8, 4) is 0 Å². The van der Waals surface area contributed by atoms with Crippen LogP contribution < -0.4 is 0 Å². The topological polar surface area (TPSA) is 61.8 Å². The number of carbonyl (C=O) groups is 2. The van der Waals surface area contributed by atoms with E-state index < -0.39 is 23.0 Å². The monoisotopic (exact) mass is 334 g/mol. The first-order valence-electron chi connectivity index (χ1n) is 8.69. The number of Topliss-reactive ketones (excluding diaryl/α,β-unsaturated/α-hetero) is 1. The van der Waals surface area contributed by atoms with Gasteiger partial charge >= 0.3 is 5.97 Å². The second-order valence-corrected chi connectivity index (χ2v) is 7.43. The van der Waals surface area contributed by atoms with Crippen molar-refractivity contribution in [2.24, 2.45) is 10.8 Å². The zero-order valence-electron chi connectivity index (χ0n) is 14.9. The summed E-state index contributed by atoms with van der Waals surface area (Å²) in [5.41, 5.74) is 0.751. The minimum atomic E-state index is -0.778. The molecule has 132 valence electrons. The van der Waals surface area contributed by atoms with E-state index in [1.165, 1.54) is 0 Å². The Labute approximate surface area is 143 Å². The largest absolute Gasteiger partial charge is 0.460 e. The number of carbonyl (C=O) groups excluding carboxylic acids is 2. The molecule has 0 bridgehead atoms. The lowest BCUT2D eigenvalue weighted by Gasteiger charge is -2.54. The van der Waals surface area contributed by atoms with Crippen molar-refractivity contribution in [3.63, 3.8) is 0 Å². The SMILES string of the molecule is CCOC(=O)C(=O)C1=CC[C@@]2(C)C(=CCCC23OCCO3)C1(C)C. The molecule has 1 spiro atoms. The predicted octanol–water partition coefficient (Wildman–Crippen LogP) is 2.94. The maximum atomic E-state index is 12.6. The number of allylic oxidation sites excluding steroid dienone is 2. The molecule has 0 amide bonds. The van der Waals surface area contributed by atoms with Crippen LogP contribution in [-0.4, -0.2) is 37.4 Å². The maximum absolute atomic E-state index is 12.6. The molecule has 5 nitrogen and oxygen atoms in total. The maximum Gasteiger partial charge on any atom is 0.379 e. The number of rotatable bonds is 3. The highest BCUT2D eigenvalue weighted by Crippen LogP contribution is 2.61. The zero-order chi connectivity index (χ0) is 17.6. The quantitative estimate of drug-likeness (QED) is 0.451. The Morgan fingerprint density at radius 2 is 1.83 bits per heavy atom. The summed E-state index contributed by atoms with van der Waals surface area (Å²) in [6.07, 6.45) is 6.35. The Balaban J connectivity index is 2.01. The molecule has 1 fully saturated rings. The molecule has 0 aromatic rings. The fourth-order valence-corrected chi connectivity index (χ4v) is 4.63. The fraction of sp³-hybridized carbons (Fsp3) is 0.684. The van der Waals surface area contributed by atoms with Gasteiger partial charge in [-0.25, -0.2) is 4.79 Å². The van der Waals surface area contributed by atoms with Crippen LogP contribution in [0.5, 0.6) is 0 Å². The van der Waals surface area contributed by atoms with Gasteiger partial charge < -0.3 is 14.2 Å². The lowest BCUT2D eigenvalue weighted by atomic mass is 9.54. The van der Waals surface area contributed by atoms with Crippen molar-refractivity contribution < 1.29 is 23.8 Å². The van der Waals surface area contributed by atoms with Crippen LogP contribution in [0.1, 0.15) is 47.0 Å². The van der Waals surface area contributed by atoms with Crippen LogP contribution >= 0.6 is 0 Å². The zero-order valence-corrected chi connectivity index (χ0v) is 14.9. The number of ether oxygens (including phenoxy) is 3. The molecule has 0 unspecified atom stereocenters. The summed E-state index contributed by atoms with van der Waals surface area (Å²) in [7, 11) is 0. The third-order valence-electron chi connectivity index (χ3n) is 5.78. The van der Waals surface area contributed by atoms with Gasteiger partial charge in [0.15, 0.2) is 5.79 Å². The van der Waals surface area contributed by atoms with Crippen molar-refractivity contribution in [2.45, 2.75) is 52.7 Å². The average molecular weight is 334 g/mol. The molecule has 0 N–H and O–H groups in total. The Morgan fingerprint density at radius 1 is 1.17 bits per heavy atom. The first-order chi connectivity index (χ1) is 11.3. The molecule has 0 radical (unpaired) electrons. The first kappa shape index (κ1) is 17.4. The van der Waals surface area contributed by atoms with E-state index in [4.69, 9.17) is 14.2 Å². The minimum absolute atomic E-state index is 0.198. The molecular formula is C19H26O5. The Morgan fingerprint density at radius 3 is 2.46 bits per heavy atom. The summed E-state index contributed by atoms with van der Waals surface area (Å²) in [5, 5.41) is 0. The molecule has 5 heteroatoms. The van der Waals surface area contributed by atoms with Gasteiger partial charge in [-0.2, -0.15) is 0 Å². The summed E-state index contributed by atoms with van der Waals surface area (Å²) in [6, 6.07) is 0. The molecule has 2 aliphatic carbocycles. The van der Waals surface area contributed by atoms with E-state index in [0.29, 0.717) is 25.2 Å². The summed E-state index contributed by atoms with van der Waals surface area (Å²) in [5.74, 6) is -1.94. The number of hydrogen-bond acceptors (Lipinski definition) is 5. The lowest BCUT2D eigenvalue weighted by molar-refractivity contribution is -0.232. The van der Waals surface area contributed by atoms with E-state index in [9.17, 15) is 9.59 Å². The molecule has 0 aromatic carbocycles. The van der Waals surface area contributed by atoms with Crippen LogP contribution in [0.2, 0.25) is 0 Å². The fourth-order valence-electron chi connectivity index (χ4n) is 4.63. The smallest absolute Gasteiger partial charge is 0.379 e. The summed E-state index contributed by atoms with van der Waals surface area (Å²) in [6.45, 7) is 9.23. The van der Waals surface area contributed by atoms with Crippen molar-refractivity contribution in [2.75, 3.05) is 19.8 Å². The van der Waals surface area contributed by atoms with Gasteiger partial charge in [0, 0.05) is 22.8 Å². The van der Waals surface area contributed by atoms with Gasteiger partial charge in [-0.1, -0.05) is 38.5 Å². The predicted molar refractivity (Wildman–Crippen MR) is 88.2 cm³/mol. The second-order valence-electron chi connectivity index (χ2n) is 7.43. The number of esters is 1. The van der Waals surface area contributed by atoms with Gasteiger partial charge in [-0.05, 0) is 19.8 Å². The van der Waals surface area contributed by atoms with Gasteiger partial charge in [0.2, 0.25) is 0 Å². The molecule has 1 saturated heterocycles. The number of hydrogen-bond donors (Lipinski definition) is 0. The van der Waals surface area contributed by atoms with Crippen molar-refractivity contribution >= 4 is 11.8 Å². The Bertz CT molecular complexity index is 622.